The molecule has 3 nitrogen and oxygen atoms in total. The molecule has 0 aliphatic heterocycles. The molecule has 3 heteroatoms. The molecule has 0 bridgehead atoms. The van der Waals surface area contributed by atoms with E-state index < -0.39 is 0 Å². The Hall–Kier alpha value is -1.35. The predicted octanol–water partition coefficient (Wildman–Crippen LogP) is 2.13. The van der Waals surface area contributed by atoms with Gasteiger partial charge in [-0.3, -0.25) is 4.79 Å². The zero-order valence-corrected chi connectivity index (χ0v) is 10.3. The number of methoxy groups -OCH3 is 1. The highest BCUT2D eigenvalue weighted by Gasteiger charge is 2.17. The van der Waals surface area contributed by atoms with E-state index in [4.69, 9.17) is 4.74 Å². The third kappa shape index (κ3) is 2.83. The van der Waals surface area contributed by atoms with Crippen LogP contribution in [0.15, 0.2) is 18.2 Å². The van der Waals surface area contributed by atoms with Crippen LogP contribution in [0.5, 0.6) is 0 Å². The Labute approximate surface area is 96.8 Å². The van der Waals surface area contributed by atoms with E-state index in [2.05, 4.69) is 31.3 Å². The van der Waals surface area contributed by atoms with E-state index in [-0.39, 0.29) is 12.0 Å². The van der Waals surface area contributed by atoms with Crippen LogP contribution in [0, 0.1) is 13.8 Å². The van der Waals surface area contributed by atoms with Crippen molar-refractivity contribution in [2.75, 3.05) is 14.2 Å². The number of aryl methyl sites for hydroxylation is 2. The van der Waals surface area contributed by atoms with Gasteiger partial charge in [-0.05, 0) is 37.6 Å². The molecule has 0 amide bonds. The van der Waals surface area contributed by atoms with Gasteiger partial charge in [-0.25, -0.2) is 0 Å². The molecule has 0 saturated carbocycles. The van der Waals surface area contributed by atoms with Gasteiger partial charge < -0.3 is 10.1 Å². The number of hydrogen-bond donors (Lipinski definition) is 1. The van der Waals surface area contributed by atoms with Crippen LogP contribution in [-0.2, 0) is 9.53 Å². The molecule has 1 unspecified atom stereocenters. The highest BCUT2D eigenvalue weighted by molar-refractivity contribution is 5.70. The quantitative estimate of drug-likeness (QED) is 0.791. The smallest absolute Gasteiger partial charge is 0.307 e. The summed E-state index contributed by atoms with van der Waals surface area (Å²) in [4.78, 5) is 11.3. The third-order valence-electron chi connectivity index (χ3n) is 2.84. The number of carbonyl (C=O) groups is 1. The lowest BCUT2D eigenvalue weighted by molar-refractivity contribution is -0.141. The topological polar surface area (TPSA) is 38.3 Å². The molecule has 1 rings (SSSR count). The van der Waals surface area contributed by atoms with Crippen LogP contribution in [0.1, 0.15) is 29.2 Å². The molecule has 0 aliphatic carbocycles. The number of ether oxygens (including phenoxy) is 1. The van der Waals surface area contributed by atoms with Crippen LogP contribution in [0.3, 0.4) is 0 Å². The van der Waals surface area contributed by atoms with Crippen LogP contribution in [0.4, 0.5) is 0 Å². The van der Waals surface area contributed by atoms with Crippen molar-refractivity contribution in [3.63, 3.8) is 0 Å². The summed E-state index contributed by atoms with van der Waals surface area (Å²) in [5, 5.41) is 3.16. The minimum absolute atomic E-state index is 0.0219. The molecule has 16 heavy (non-hydrogen) atoms. The van der Waals surface area contributed by atoms with Gasteiger partial charge in [0.2, 0.25) is 0 Å². The summed E-state index contributed by atoms with van der Waals surface area (Å²) in [6, 6.07) is 6.17. The summed E-state index contributed by atoms with van der Waals surface area (Å²) >= 11 is 0. The zero-order chi connectivity index (χ0) is 12.1. The van der Waals surface area contributed by atoms with Crippen molar-refractivity contribution in [1.29, 1.82) is 0 Å². The van der Waals surface area contributed by atoms with Crippen molar-refractivity contribution in [3.8, 4) is 0 Å². The third-order valence-corrected chi connectivity index (χ3v) is 2.84. The maximum atomic E-state index is 11.3. The minimum Gasteiger partial charge on any atom is -0.469 e. The second kappa shape index (κ2) is 5.66. The van der Waals surface area contributed by atoms with Crippen molar-refractivity contribution in [2.45, 2.75) is 26.3 Å². The van der Waals surface area contributed by atoms with Crippen molar-refractivity contribution in [2.24, 2.45) is 0 Å². The van der Waals surface area contributed by atoms with Crippen LogP contribution >= 0.6 is 0 Å². The Kier molecular flexibility index (Phi) is 4.50. The van der Waals surface area contributed by atoms with Gasteiger partial charge in [0.15, 0.2) is 0 Å². The summed E-state index contributed by atoms with van der Waals surface area (Å²) in [5.41, 5.74) is 3.59. The summed E-state index contributed by atoms with van der Waals surface area (Å²) < 4.78 is 4.70. The number of benzene rings is 1. The van der Waals surface area contributed by atoms with Gasteiger partial charge in [0.1, 0.15) is 0 Å². The van der Waals surface area contributed by atoms with Gasteiger partial charge >= 0.3 is 5.97 Å². The highest BCUT2D eigenvalue weighted by atomic mass is 16.5. The first-order valence-corrected chi connectivity index (χ1v) is 5.40. The summed E-state index contributed by atoms with van der Waals surface area (Å²) in [6.07, 6.45) is 0.360. The van der Waals surface area contributed by atoms with Gasteiger partial charge in [-0.15, -0.1) is 0 Å². The van der Waals surface area contributed by atoms with Gasteiger partial charge in [-0.2, -0.15) is 0 Å². The molecule has 0 aromatic heterocycles. The Balaban J connectivity index is 2.99. The van der Waals surface area contributed by atoms with Crippen molar-refractivity contribution >= 4 is 5.97 Å². The standard InChI is InChI=1S/C13H19NO2/c1-9-6-5-7-10(2)13(9)11(14-3)8-12(15)16-4/h5-7,11,14H,8H2,1-4H3. The summed E-state index contributed by atoms with van der Waals surface area (Å²) in [6.45, 7) is 4.12. The van der Waals surface area contributed by atoms with E-state index in [0.29, 0.717) is 6.42 Å². The van der Waals surface area contributed by atoms with Crippen molar-refractivity contribution < 1.29 is 9.53 Å². The van der Waals surface area contributed by atoms with Gasteiger partial charge in [0.05, 0.1) is 13.5 Å². The fourth-order valence-electron chi connectivity index (χ4n) is 1.98. The van der Waals surface area contributed by atoms with E-state index in [1.54, 1.807) is 0 Å². The molecule has 0 spiro atoms. The monoisotopic (exact) mass is 221 g/mol. The fourth-order valence-corrected chi connectivity index (χ4v) is 1.98. The Morgan fingerprint density at radius 1 is 1.38 bits per heavy atom. The number of rotatable bonds is 4. The first-order valence-electron chi connectivity index (χ1n) is 5.40. The van der Waals surface area contributed by atoms with E-state index in [1.807, 2.05) is 13.1 Å². The maximum absolute atomic E-state index is 11.3. The first kappa shape index (κ1) is 12.7. The van der Waals surface area contributed by atoms with Gasteiger partial charge in [0, 0.05) is 6.04 Å². The molecule has 1 aromatic rings. The van der Waals surface area contributed by atoms with Crippen LogP contribution in [0.25, 0.3) is 0 Å². The lowest BCUT2D eigenvalue weighted by Gasteiger charge is -2.20. The SMILES string of the molecule is CNC(CC(=O)OC)c1c(C)cccc1C. The van der Waals surface area contributed by atoms with Gasteiger partial charge in [-0.1, -0.05) is 18.2 Å². The Morgan fingerprint density at radius 2 is 1.94 bits per heavy atom. The molecule has 88 valence electrons. The average molecular weight is 221 g/mol. The number of nitrogens with one attached hydrogen (secondary N) is 1. The average Bonchev–Trinajstić information content (AvgIpc) is 2.27. The second-order valence-corrected chi connectivity index (χ2v) is 3.93. The van der Waals surface area contributed by atoms with Crippen molar-refractivity contribution in [1.82, 2.24) is 5.32 Å². The molecule has 0 aliphatic rings. The van der Waals surface area contributed by atoms with E-state index in [9.17, 15) is 4.79 Å². The number of carbonyl (C=O) groups excluding carboxylic acids is 1. The molecule has 0 saturated heterocycles. The molecular formula is C13H19NO2. The molecule has 1 N–H and O–H groups in total. The molecular weight excluding hydrogens is 202 g/mol. The fraction of sp³-hybridized carbons (Fsp3) is 0.462. The summed E-state index contributed by atoms with van der Waals surface area (Å²) in [5.74, 6) is -0.193. The molecule has 0 radical (unpaired) electrons. The highest BCUT2D eigenvalue weighted by Crippen LogP contribution is 2.24. The predicted molar refractivity (Wildman–Crippen MR) is 64.3 cm³/mol. The summed E-state index contributed by atoms with van der Waals surface area (Å²) in [7, 11) is 3.28. The zero-order valence-electron chi connectivity index (χ0n) is 10.3. The van der Waals surface area contributed by atoms with E-state index in [0.717, 1.165) is 0 Å². The van der Waals surface area contributed by atoms with Crippen LogP contribution < -0.4 is 5.32 Å². The normalized spacial score (nSPS) is 12.2. The van der Waals surface area contributed by atoms with Crippen LogP contribution in [-0.4, -0.2) is 20.1 Å². The number of hydrogen-bond acceptors (Lipinski definition) is 3. The molecule has 1 atom stereocenters. The molecule has 0 fully saturated rings. The number of esters is 1. The first-order chi connectivity index (χ1) is 7.60. The minimum atomic E-state index is -0.193. The Bertz CT molecular complexity index is 354. The lowest BCUT2D eigenvalue weighted by atomic mass is 9.94. The second-order valence-electron chi connectivity index (χ2n) is 3.93. The van der Waals surface area contributed by atoms with Crippen LogP contribution in [0.2, 0.25) is 0 Å². The van der Waals surface area contributed by atoms with E-state index in [1.165, 1.54) is 23.8 Å². The Morgan fingerprint density at radius 3 is 2.38 bits per heavy atom. The van der Waals surface area contributed by atoms with Crippen molar-refractivity contribution in [3.05, 3.63) is 34.9 Å². The molecule has 0 heterocycles. The maximum Gasteiger partial charge on any atom is 0.307 e. The largest absolute Gasteiger partial charge is 0.469 e. The lowest BCUT2D eigenvalue weighted by Crippen LogP contribution is -2.22. The van der Waals surface area contributed by atoms with E-state index >= 15 is 0 Å². The molecule has 1 aromatic carbocycles. The van der Waals surface area contributed by atoms with Gasteiger partial charge in [0.25, 0.3) is 0 Å².